The molecule has 7 heteroatoms. The van der Waals surface area contributed by atoms with E-state index in [0.717, 1.165) is 50.9 Å². The fourth-order valence-electron chi connectivity index (χ4n) is 2.90. The largest absolute Gasteiger partial charge is 0.478 e. The van der Waals surface area contributed by atoms with Crippen LogP contribution >= 0.6 is 0 Å². The molecule has 2 N–H and O–H groups in total. The summed E-state index contributed by atoms with van der Waals surface area (Å²) < 4.78 is 11.0. The van der Waals surface area contributed by atoms with Crippen LogP contribution in [0.4, 0.5) is 0 Å². The monoisotopic (exact) mass is 363 g/mol. The minimum atomic E-state index is 0.0325. The summed E-state index contributed by atoms with van der Waals surface area (Å²) in [6.07, 6.45) is 1.74. The van der Waals surface area contributed by atoms with E-state index >= 15 is 0 Å². The van der Waals surface area contributed by atoms with E-state index in [2.05, 4.69) is 41.3 Å². The van der Waals surface area contributed by atoms with E-state index in [1.165, 1.54) is 0 Å². The minimum absolute atomic E-state index is 0.0325. The first kappa shape index (κ1) is 20.5. The van der Waals surface area contributed by atoms with Gasteiger partial charge < -0.3 is 20.1 Å². The lowest BCUT2D eigenvalue weighted by Gasteiger charge is -2.41. The van der Waals surface area contributed by atoms with Crippen LogP contribution in [0, 0.1) is 0 Å². The molecule has 7 nitrogen and oxygen atoms in total. The number of nitrogens with zero attached hydrogens (tertiary/aromatic N) is 3. The molecule has 1 aliphatic rings. The van der Waals surface area contributed by atoms with Gasteiger partial charge in [-0.25, -0.2) is 9.98 Å². The lowest BCUT2D eigenvalue weighted by atomic mass is 10.0. The van der Waals surface area contributed by atoms with Crippen LogP contribution in [0.5, 0.6) is 5.88 Å². The molecule has 0 aromatic carbocycles. The van der Waals surface area contributed by atoms with Gasteiger partial charge in [-0.15, -0.1) is 0 Å². The van der Waals surface area contributed by atoms with Crippen molar-refractivity contribution >= 4 is 5.96 Å². The molecule has 2 heterocycles. The Morgan fingerprint density at radius 3 is 2.77 bits per heavy atom. The van der Waals surface area contributed by atoms with E-state index in [4.69, 9.17) is 14.5 Å². The van der Waals surface area contributed by atoms with Gasteiger partial charge in [0.05, 0.1) is 26.4 Å². The lowest BCUT2D eigenvalue weighted by Crippen LogP contribution is -2.56. The number of nitrogens with one attached hydrogen (secondary N) is 2. The highest BCUT2D eigenvalue weighted by molar-refractivity contribution is 5.79. The summed E-state index contributed by atoms with van der Waals surface area (Å²) in [5.74, 6) is 1.46. The molecule has 0 atom stereocenters. The van der Waals surface area contributed by atoms with Crippen molar-refractivity contribution in [1.82, 2.24) is 20.5 Å². The third-order valence-electron chi connectivity index (χ3n) is 4.44. The molecule has 0 unspecified atom stereocenters. The Labute approximate surface area is 157 Å². The highest BCUT2D eigenvalue weighted by Gasteiger charge is 2.28. The molecule has 0 radical (unpaired) electrons. The smallest absolute Gasteiger partial charge is 0.218 e. The molecule has 146 valence electrons. The van der Waals surface area contributed by atoms with Gasteiger partial charge in [-0.1, -0.05) is 6.07 Å². The van der Waals surface area contributed by atoms with Crippen LogP contribution in [0.3, 0.4) is 0 Å². The van der Waals surface area contributed by atoms with Crippen LogP contribution in [0.1, 0.15) is 33.3 Å². The summed E-state index contributed by atoms with van der Waals surface area (Å²) in [5, 5.41) is 6.79. The summed E-state index contributed by atoms with van der Waals surface area (Å²) in [7, 11) is 0. The van der Waals surface area contributed by atoms with Gasteiger partial charge in [0.1, 0.15) is 0 Å². The zero-order valence-corrected chi connectivity index (χ0v) is 16.5. The zero-order valence-electron chi connectivity index (χ0n) is 16.5. The van der Waals surface area contributed by atoms with Gasteiger partial charge in [0.2, 0.25) is 5.88 Å². The van der Waals surface area contributed by atoms with E-state index in [1.807, 2.05) is 19.1 Å². The van der Waals surface area contributed by atoms with Crippen LogP contribution in [0.15, 0.2) is 23.3 Å². The van der Waals surface area contributed by atoms with Crippen LogP contribution in [0.25, 0.3) is 0 Å². The molecule has 1 saturated heterocycles. The Balaban J connectivity index is 1.98. The quantitative estimate of drug-likeness (QED) is 0.541. The van der Waals surface area contributed by atoms with Gasteiger partial charge in [-0.05, 0) is 33.8 Å². The predicted octanol–water partition coefficient (Wildman–Crippen LogP) is 1.65. The second-order valence-electron chi connectivity index (χ2n) is 6.86. The average Bonchev–Trinajstić information content (AvgIpc) is 2.66. The SMILES string of the molecule is CCNC(=NCc1cccnc1OCC)NCC(C)(C)N1CCOCC1. The lowest BCUT2D eigenvalue weighted by molar-refractivity contribution is -0.00834. The molecule has 0 spiro atoms. The Bertz CT molecular complexity index is 571. The number of ether oxygens (including phenoxy) is 2. The molecule has 0 saturated carbocycles. The second kappa shape index (κ2) is 10.3. The van der Waals surface area contributed by atoms with E-state index < -0.39 is 0 Å². The van der Waals surface area contributed by atoms with E-state index in [1.54, 1.807) is 6.20 Å². The van der Waals surface area contributed by atoms with Crippen LogP contribution in [0.2, 0.25) is 0 Å². The normalized spacial score (nSPS) is 16.4. The van der Waals surface area contributed by atoms with Crippen molar-refractivity contribution < 1.29 is 9.47 Å². The summed E-state index contributed by atoms with van der Waals surface area (Å²) in [6, 6.07) is 3.91. The van der Waals surface area contributed by atoms with Gasteiger partial charge in [0, 0.05) is 43.5 Å². The highest BCUT2D eigenvalue weighted by atomic mass is 16.5. The number of guanidine groups is 1. The predicted molar refractivity (Wildman–Crippen MR) is 105 cm³/mol. The standard InChI is InChI=1S/C19H33N5O2/c1-5-20-18(22-14-16-8-7-9-21-17(16)26-6-2)23-15-19(3,4)24-10-12-25-13-11-24/h7-9H,5-6,10-15H2,1-4H3,(H2,20,22,23). The minimum Gasteiger partial charge on any atom is -0.478 e. The Hall–Kier alpha value is -1.86. The molecular weight excluding hydrogens is 330 g/mol. The van der Waals surface area contributed by atoms with Crippen molar-refractivity contribution in [2.45, 2.75) is 39.8 Å². The number of hydrogen-bond donors (Lipinski definition) is 2. The summed E-state index contributed by atoms with van der Waals surface area (Å²) in [5.41, 5.74) is 1.02. The molecule has 1 fully saturated rings. The summed E-state index contributed by atoms with van der Waals surface area (Å²) in [6.45, 7) is 14.8. The van der Waals surface area contributed by atoms with E-state index in [-0.39, 0.29) is 5.54 Å². The summed E-state index contributed by atoms with van der Waals surface area (Å²) >= 11 is 0. The first-order valence-corrected chi connectivity index (χ1v) is 9.48. The van der Waals surface area contributed by atoms with E-state index in [9.17, 15) is 0 Å². The topological polar surface area (TPSA) is 71.0 Å². The number of aromatic nitrogens is 1. The van der Waals surface area contributed by atoms with Crippen molar-refractivity contribution in [3.8, 4) is 5.88 Å². The number of pyridine rings is 1. The maximum Gasteiger partial charge on any atom is 0.218 e. The molecule has 1 aliphatic heterocycles. The Kier molecular flexibility index (Phi) is 8.12. The molecule has 1 aromatic rings. The Morgan fingerprint density at radius 1 is 1.31 bits per heavy atom. The van der Waals surface area contributed by atoms with Crippen molar-refractivity contribution in [2.75, 3.05) is 46.0 Å². The molecule has 26 heavy (non-hydrogen) atoms. The molecule has 2 rings (SSSR count). The first-order valence-electron chi connectivity index (χ1n) is 9.48. The molecular formula is C19H33N5O2. The number of rotatable bonds is 8. The van der Waals surface area contributed by atoms with Gasteiger partial charge >= 0.3 is 0 Å². The van der Waals surface area contributed by atoms with Gasteiger partial charge in [-0.3, -0.25) is 4.90 Å². The number of morpholine rings is 1. The van der Waals surface area contributed by atoms with Crippen LogP contribution in [-0.2, 0) is 11.3 Å². The van der Waals surface area contributed by atoms with E-state index in [0.29, 0.717) is 19.0 Å². The molecule has 0 bridgehead atoms. The summed E-state index contributed by atoms with van der Waals surface area (Å²) in [4.78, 5) is 11.5. The number of hydrogen-bond acceptors (Lipinski definition) is 5. The van der Waals surface area contributed by atoms with Crippen molar-refractivity contribution in [3.05, 3.63) is 23.9 Å². The highest BCUT2D eigenvalue weighted by Crippen LogP contribution is 2.16. The number of aliphatic imine (C=N–C) groups is 1. The maximum atomic E-state index is 5.58. The fraction of sp³-hybridized carbons (Fsp3) is 0.684. The zero-order chi connectivity index (χ0) is 18.8. The fourth-order valence-corrected chi connectivity index (χ4v) is 2.90. The average molecular weight is 364 g/mol. The first-order chi connectivity index (χ1) is 12.6. The van der Waals surface area contributed by atoms with Gasteiger partial charge in [0.15, 0.2) is 5.96 Å². The third kappa shape index (κ3) is 6.14. The van der Waals surface area contributed by atoms with Crippen molar-refractivity contribution in [3.63, 3.8) is 0 Å². The molecule has 0 aliphatic carbocycles. The second-order valence-corrected chi connectivity index (χ2v) is 6.86. The molecule has 1 aromatic heterocycles. The molecule has 0 amide bonds. The van der Waals surface area contributed by atoms with Gasteiger partial charge in [0.25, 0.3) is 0 Å². The maximum absolute atomic E-state index is 5.58. The van der Waals surface area contributed by atoms with Crippen LogP contribution in [-0.4, -0.2) is 67.4 Å². The third-order valence-corrected chi connectivity index (χ3v) is 4.44. The van der Waals surface area contributed by atoms with Crippen LogP contribution < -0.4 is 15.4 Å². The van der Waals surface area contributed by atoms with Crippen molar-refractivity contribution in [1.29, 1.82) is 0 Å². The Morgan fingerprint density at radius 2 is 2.08 bits per heavy atom. The van der Waals surface area contributed by atoms with Crippen molar-refractivity contribution in [2.24, 2.45) is 4.99 Å². The van der Waals surface area contributed by atoms with Gasteiger partial charge in [-0.2, -0.15) is 0 Å².